The van der Waals surface area contributed by atoms with Crippen LogP contribution in [0.2, 0.25) is 0 Å². The third-order valence-corrected chi connectivity index (χ3v) is 3.84. The van der Waals surface area contributed by atoms with E-state index in [0.717, 1.165) is 23.0 Å². The number of hydrogen-bond acceptors (Lipinski definition) is 3. The second kappa shape index (κ2) is 6.19. The Balaban J connectivity index is 2.13. The van der Waals surface area contributed by atoms with Gasteiger partial charge in [-0.1, -0.05) is 30.8 Å². The zero-order valence-electron chi connectivity index (χ0n) is 11.4. The molecule has 0 aliphatic carbocycles. The molecule has 0 aliphatic heterocycles. The number of aryl methyl sites for hydroxylation is 1. The number of hydrogen-bond donors (Lipinski definition) is 0. The molecule has 2 aromatic rings. The van der Waals surface area contributed by atoms with E-state index in [1.165, 1.54) is 6.07 Å². The lowest BCUT2D eigenvalue weighted by atomic mass is 10.2. The number of aromatic nitrogens is 3. The van der Waals surface area contributed by atoms with Crippen molar-refractivity contribution in [2.45, 2.75) is 44.1 Å². The minimum Gasteiger partial charge on any atom is -0.303 e. The Bertz CT molecular complexity index is 551. The predicted molar refractivity (Wildman–Crippen MR) is 75.7 cm³/mol. The molecule has 0 atom stereocenters. The Morgan fingerprint density at radius 1 is 1.32 bits per heavy atom. The summed E-state index contributed by atoms with van der Waals surface area (Å²) in [6.45, 7) is 6.31. The minimum atomic E-state index is -0.197. The maximum atomic E-state index is 13.1. The van der Waals surface area contributed by atoms with E-state index in [9.17, 15) is 4.39 Å². The van der Waals surface area contributed by atoms with E-state index in [1.54, 1.807) is 23.9 Å². The van der Waals surface area contributed by atoms with E-state index < -0.39 is 0 Å². The topological polar surface area (TPSA) is 30.7 Å². The Hall–Kier alpha value is -1.36. The van der Waals surface area contributed by atoms with Crippen LogP contribution in [0.3, 0.4) is 0 Å². The van der Waals surface area contributed by atoms with Crippen molar-refractivity contribution in [1.29, 1.82) is 0 Å². The molecule has 0 spiro atoms. The van der Waals surface area contributed by atoms with Crippen molar-refractivity contribution in [3.05, 3.63) is 41.5 Å². The number of halogens is 1. The molecule has 0 bridgehead atoms. The van der Waals surface area contributed by atoms with Crippen molar-refractivity contribution < 1.29 is 4.39 Å². The van der Waals surface area contributed by atoms with E-state index >= 15 is 0 Å². The minimum absolute atomic E-state index is 0.197. The molecule has 1 heterocycles. The Kier molecular flexibility index (Phi) is 4.58. The van der Waals surface area contributed by atoms with Gasteiger partial charge < -0.3 is 4.57 Å². The molecule has 0 amide bonds. The van der Waals surface area contributed by atoms with Crippen molar-refractivity contribution in [3.8, 4) is 0 Å². The van der Waals surface area contributed by atoms with Crippen LogP contribution in [0.1, 0.15) is 38.2 Å². The van der Waals surface area contributed by atoms with Crippen LogP contribution >= 0.6 is 11.8 Å². The second-order valence-corrected chi connectivity index (χ2v) is 5.58. The van der Waals surface area contributed by atoms with Gasteiger partial charge in [0.05, 0.1) is 0 Å². The Labute approximate surface area is 117 Å². The molecule has 2 rings (SSSR count). The van der Waals surface area contributed by atoms with Gasteiger partial charge in [0.2, 0.25) is 0 Å². The van der Waals surface area contributed by atoms with Crippen LogP contribution in [0.25, 0.3) is 0 Å². The summed E-state index contributed by atoms with van der Waals surface area (Å²) in [4.78, 5) is 0. The highest BCUT2D eigenvalue weighted by Crippen LogP contribution is 2.25. The Morgan fingerprint density at radius 2 is 2.11 bits per heavy atom. The Morgan fingerprint density at radius 3 is 2.74 bits per heavy atom. The first-order chi connectivity index (χ1) is 9.11. The summed E-state index contributed by atoms with van der Waals surface area (Å²) >= 11 is 1.60. The van der Waals surface area contributed by atoms with Crippen molar-refractivity contribution in [2.24, 2.45) is 0 Å². The zero-order chi connectivity index (χ0) is 13.8. The fraction of sp³-hybridized carbons (Fsp3) is 0.429. The molecule has 0 saturated heterocycles. The van der Waals surface area contributed by atoms with Gasteiger partial charge in [-0.3, -0.25) is 0 Å². The van der Waals surface area contributed by atoms with Gasteiger partial charge in [-0.2, -0.15) is 0 Å². The zero-order valence-corrected chi connectivity index (χ0v) is 12.2. The summed E-state index contributed by atoms with van der Waals surface area (Å²) in [5.74, 6) is 1.50. The molecule has 0 radical (unpaired) electrons. The molecular formula is C14H18FN3S. The fourth-order valence-corrected chi connectivity index (χ4v) is 2.97. The molecule has 3 nitrogen and oxygen atoms in total. The van der Waals surface area contributed by atoms with Crippen molar-refractivity contribution in [2.75, 3.05) is 0 Å². The van der Waals surface area contributed by atoms with Gasteiger partial charge in [-0.05, 0) is 31.5 Å². The van der Waals surface area contributed by atoms with Crippen LogP contribution in [0, 0.1) is 5.82 Å². The lowest BCUT2D eigenvalue weighted by Gasteiger charge is -2.12. The summed E-state index contributed by atoms with van der Waals surface area (Å²) < 4.78 is 15.3. The van der Waals surface area contributed by atoms with Gasteiger partial charge in [0, 0.05) is 18.2 Å². The molecule has 0 aliphatic rings. The summed E-state index contributed by atoms with van der Waals surface area (Å²) in [5, 5.41) is 9.33. The summed E-state index contributed by atoms with van der Waals surface area (Å²) in [6, 6.07) is 7.01. The molecular weight excluding hydrogens is 261 g/mol. The third-order valence-electron chi connectivity index (χ3n) is 2.82. The average molecular weight is 279 g/mol. The first kappa shape index (κ1) is 14.1. The monoisotopic (exact) mass is 279 g/mol. The highest BCUT2D eigenvalue weighted by molar-refractivity contribution is 7.98. The smallest absolute Gasteiger partial charge is 0.191 e. The molecule has 19 heavy (non-hydrogen) atoms. The predicted octanol–water partition coefficient (Wildman–Crippen LogP) is 3.85. The maximum Gasteiger partial charge on any atom is 0.191 e. The van der Waals surface area contributed by atoms with E-state index in [2.05, 4.69) is 35.5 Å². The van der Waals surface area contributed by atoms with Crippen LogP contribution < -0.4 is 0 Å². The van der Waals surface area contributed by atoms with Crippen molar-refractivity contribution in [1.82, 2.24) is 14.8 Å². The number of rotatable bonds is 5. The average Bonchev–Trinajstić information content (AvgIpc) is 2.79. The lowest BCUT2D eigenvalue weighted by molar-refractivity contribution is 0.528. The van der Waals surface area contributed by atoms with Crippen LogP contribution in [0.5, 0.6) is 0 Å². The molecule has 0 unspecified atom stereocenters. The largest absolute Gasteiger partial charge is 0.303 e. The highest BCUT2D eigenvalue weighted by Gasteiger charge is 2.13. The van der Waals surface area contributed by atoms with Gasteiger partial charge in [-0.15, -0.1) is 10.2 Å². The number of thioether (sulfide) groups is 1. The molecule has 1 aromatic heterocycles. The van der Waals surface area contributed by atoms with Crippen LogP contribution in [0.4, 0.5) is 4.39 Å². The summed E-state index contributed by atoms with van der Waals surface area (Å²) in [5.41, 5.74) is 0.960. The number of benzene rings is 1. The van der Waals surface area contributed by atoms with Gasteiger partial charge in [-0.25, -0.2) is 4.39 Å². The van der Waals surface area contributed by atoms with Crippen molar-refractivity contribution in [3.63, 3.8) is 0 Å². The third kappa shape index (κ3) is 3.35. The van der Waals surface area contributed by atoms with E-state index in [4.69, 9.17) is 0 Å². The van der Waals surface area contributed by atoms with Gasteiger partial charge in [0.15, 0.2) is 5.16 Å². The molecule has 0 N–H and O–H groups in total. The standard InChI is InChI=1S/C14H18FN3S/c1-4-13-16-17-14(18(13)10(2)3)19-9-11-6-5-7-12(15)8-11/h5-8,10H,4,9H2,1-3H3. The number of nitrogens with zero attached hydrogens (tertiary/aromatic N) is 3. The first-order valence-corrected chi connectivity index (χ1v) is 7.41. The molecule has 5 heteroatoms. The molecule has 102 valence electrons. The van der Waals surface area contributed by atoms with Crippen LogP contribution in [-0.2, 0) is 12.2 Å². The molecule has 0 fully saturated rings. The van der Waals surface area contributed by atoms with Gasteiger partial charge in [0.1, 0.15) is 11.6 Å². The first-order valence-electron chi connectivity index (χ1n) is 6.42. The fourth-order valence-electron chi connectivity index (χ4n) is 1.94. The second-order valence-electron chi connectivity index (χ2n) is 4.63. The van der Waals surface area contributed by atoms with E-state index in [0.29, 0.717) is 11.8 Å². The van der Waals surface area contributed by atoms with Gasteiger partial charge in [0.25, 0.3) is 0 Å². The van der Waals surface area contributed by atoms with E-state index in [1.807, 2.05) is 6.07 Å². The molecule has 0 saturated carbocycles. The highest BCUT2D eigenvalue weighted by atomic mass is 32.2. The van der Waals surface area contributed by atoms with Crippen molar-refractivity contribution >= 4 is 11.8 Å². The van der Waals surface area contributed by atoms with Crippen LogP contribution in [-0.4, -0.2) is 14.8 Å². The quantitative estimate of drug-likeness (QED) is 0.779. The van der Waals surface area contributed by atoms with E-state index in [-0.39, 0.29) is 5.82 Å². The maximum absolute atomic E-state index is 13.1. The van der Waals surface area contributed by atoms with Crippen LogP contribution in [0.15, 0.2) is 29.4 Å². The SMILES string of the molecule is CCc1nnc(SCc2cccc(F)c2)n1C(C)C. The summed E-state index contributed by atoms with van der Waals surface area (Å²) in [6.07, 6.45) is 0.867. The summed E-state index contributed by atoms with van der Waals surface area (Å²) in [7, 11) is 0. The van der Waals surface area contributed by atoms with Gasteiger partial charge >= 0.3 is 0 Å². The molecule has 1 aromatic carbocycles. The lowest BCUT2D eigenvalue weighted by Crippen LogP contribution is -2.07. The normalized spacial score (nSPS) is 11.2.